The number of rotatable bonds is 0. The largest absolute Gasteiger partial charge is 0.384 e. The Labute approximate surface area is 99.2 Å². The normalized spacial score (nSPS) is 10.8. The Morgan fingerprint density at radius 1 is 1.00 bits per heavy atom. The lowest BCUT2D eigenvalue weighted by molar-refractivity contribution is 0.350. The molecule has 0 aliphatic rings. The van der Waals surface area contributed by atoms with Crippen molar-refractivity contribution in [3.63, 3.8) is 0 Å². The average Bonchev–Trinajstić information content (AvgIpc) is 2.24. The van der Waals surface area contributed by atoms with Gasteiger partial charge in [0.2, 0.25) is 0 Å². The van der Waals surface area contributed by atoms with E-state index in [0.29, 0.717) is 0 Å². The minimum absolute atomic E-state index is 0.102. The fourth-order valence-electron chi connectivity index (χ4n) is 0.991. The molecule has 0 amide bonds. The van der Waals surface area contributed by atoms with Gasteiger partial charge < -0.3 is 5.11 Å². The van der Waals surface area contributed by atoms with Crippen LogP contribution in [-0.4, -0.2) is 30.5 Å². The molecule has 2 heteroatoms. The van der Waals surface area contributed by atoms with Gasteiger partial charge >= 0.3 is 0 Å². The Kier molecular flexibility index (Phi) is 4.50. The second kappa shape index (κ2) is 5.66. The van der Waals surface area contributed by atoms with Crippen molar-refractivity contribution in [1.29, 1.82) is 0 Å². The van der Waals surface area contributed by atoms with Crippen LogP contribution in [0.25, 0.3) is 0 Å². The van der Waals surface area contributed by atoms with Crippen LogP contribution < -0.4 is 0 Å². The summed E-state index contributed by atoms with van der Waals surface area (Å²) in [6.45, 7) is -0.102. The van der Waals surface area contributed by atoms with E-state index in [1.807, 2.05) is 24.3 Å². The molecule has 1 nitrogen and oxygen atoms in total. The van der Waals surface area contributed by atoms with Crippen molar-refractivity contribution in [2.75, 3.05) is 25.4 Å². The van der Waals surface area contributed by atoms with E-state index in [9.17, 15) is 0 Å². The molecule has 84 valence electrons. The maximum Gasteiger partial charge on any atom is 0.104 e. The topological polar surface area (TPSA) is 20.2 Å². The van der Waals surface area contributed by atoms with Gasteiger partial charge in [0.25, 0.3) is 0 Å². The molecule has 0 radical (unpaired) electrons. The Bertz CT molecular complexity index is 458. The van der Waals surface area contributed by atoms with Crippen LogP contribution in [0.5, 0.6) is 0 Å². The van der Waals surface area contributed by atoms with E-state index in [2.05, 4.69) is 41.8 Å². The summed E-state index contributed by atoms with van der Waals surface area (Å²) in [7, 11) is -0.769. The van der Waals surface area contributed by atoms with Crippen molar-refractivity contribution in [3.05, 3.63) is 35.4 Å². The summed E-state index contributed by atoms with van der Waals surface area (Å²) >= 11 is 0. The summed E-state index contributed by atoms with van der Waals surface area (Å²) in [6, 6.07) is 7.76. The van der Waals surface area contributed by atoms with Crippen molar-refractivity contribution < 1.29 is 5.11 Å². The van der Waals surface area contributed by atoms with Crippen molar-refractivity contribution in [2.45, 2.75) is 0 Å². The van der Waals surface area contributed by atoms with Gasteiger partial charge in [-0.3, -0.25) is 0 Å². The Morgan fingerprint density at radius 3 is 1.94 bits per heavy atom. The van der Waals surface area contributed by atoms with Crippen LogP contribution in [0.3, 0.4) is 0 Å². The third-order valence-electron chi connectivity index (χ3n) is 1.70. The van der Waals surface area contributed by atoms with E-state index in [4.69, 9.17) is 5.11 Å². The van der Waals surface area contributed by atoms with Gasteiger partial charge in [-0.2, -0.15) is 10.0 Å². The number of hydrogen-bond donors (Lipinski definition) is 1. The first-order valence-electron chi connectivity index (χ1n) is 4.92. The first kappa shape index (κ1) is 12.7. The summed E-state index contributed by atoms with van der Waals surface area (Å²) in [6.07, 6.45) is 6.50. The molecule has 0 aliphatic heterocycles. The highest BCUT2D eigenvalue weighted by atomic mass is 32.3. The first-order valence-corrected chi connectivity index (χ1v) is 7.78. The van der Waals surface area contributed by atoms with Gasteiger partial charge in [0, 0.05) is 11.1 Å². The number of aliphatic hydroxyl groups excluding tert-OH is 1. The predicted molar refractivity (Wildman–Crippen MR) is 72.6 cm³/mol. The summed E-state index contributed by atoms with van der Waals surface area (Å²) in [5.74, 6) is 8.62. The van der Waals surface area contributed by atoms with E-state index in [0.717, 1.165) is 11.1 Å². The molecular weight excluding hydrogens is 216 g/mol. The molecule has 0 saturated heterocycles. The lowest BCUT2D eigenvalue weighted by Crippen LogP contribution is -1.85. The highest BCUT2D eigenvalue weighted by molar-refractivity contribution is 8.35. The maximum absolute atomic E-state index is 8.56. The molecule has 0 saturated carbocycles. The molecule has 0 atom stereocenters. The Balaban J connectivity index is 2.82. The van der Waals surface area contributed by atoms with Crippen molar-refractivity contribution >= 4 is 10.0 Å². The lowest BCUT2D eigenvalue weighted by atomic mass is 10.1. The molecule has 0 bridgehead atoms. The molecule has 1 aromatic carbocycles. The molecule has 0 fully saturated rings. The molecule has 1 aromatic rings. The van der Waals surface area contributed by atoms with Crippen LogP contribution in [0.15, 0.2) is 24.3 Å². The number of hydrogen-bond acceptors (Lipinski definition) is 1. The standard InChI is InChI=1S/C14H16OS/c1-16(2,3)12-10-14-8-6-13(7-9-14)5-4-11-15/h6-9,15H,11H2,1-3H3. The van der Waals surface area contributed by atoms with Gasteiger partial charge in [0.1, 0.15) is 6.61 Å². The van der Waals surface area contributed by atoms with E-state index in [-0.39, 0.29) is 6.61 Å². The third kappa shape index (κ3) is 4.94. The van der Waals surface area contributed by atoms with E-state index < -0.39 is 10.0 Å². The van der Waals surface area contributed by atoms with Gasteiger partial charge in [0.05, 0.1) is 0 Å². The molecule has 0 spiro atoms. The maximum atomic E-state index is 8.56. The zero-order chi connectivity index (χ0) is 12.0. The lowest BCUT2D eigenvalue weighted by Gasteiger charge is -2.14. The van der Waals surface area contributed by atoms with Gasteiger partial charge in [-0.05, 0) is 48.3 Å². The van der Waals surface area contributed by atoms with E-state index in [1.165, 1.54) is 0 Å². The molecule has 0 unspecified atom stereocenters. The highest BCUT2D eigenvalue weighted by Gasteiger charge is 1.96. The molecular formula is C14H16OS. The van der Waals surface area contributed by atoms with Crippen LogP contribution in [0, 0.1) is 23.0 Å². The molecule has 16 heavy (non-hydrogen) atoms. The molecule has 0 aliphatic carbocycles. The Hall–Kier alpha value is -1.35. The van der Waals surface area contributed by atoms with E-state index >= 15 is 0 Å². The number of aliphatic hydroxyl groups is 1. The van der Waals surface area contributed by atoms with Crippen molar-refractivity contribution in [3.8, 4) is 23.0 Å². The van der Waals surface area contributed by atoms with Gasteiger partial charge in [-0.25, -0.2) is 0 Å². The van der Waals surface area contributed by atoms with Gasteiger partial charge in [-0.1, -0.05) is 17.8 Å². The quantitative estimate of drug-likeness (QED) is 0.679. The second-order valence-corrected chi connectivity index (χ2v) is 7.98. The van der Waals surface area contributed by atoms with Crippen LogP contribution in [0.2, 0.25) is 0 Å². The first-order chi connectivity index (χ1) is 7.51. The fourth-order valence-corrected chi connectivity index (χ4v) is 1.41. The predicted octanol–water partition coefficient (Wildman–Crippen LogP) is 2.03. The Morgan fingerprint density at radius 2 is 1.50 bits per heavy atom. The van der Waals surface area contributed by atoms with Crippen LogP contribution in [0.1, 0.15) is 11.1 Å². The zero-order valence-electron chi connectivity index (χ0n) is 9.87. The zero-order valence-corrected chi connectivity index (χ0v) is 10.7. The SMILES string of the molecule is CS(C)(C)C#Cc1ccc(C#CCO)cc1. The molecule has 1 rings (SSSR count). The van der Waals surface area contributed by atoms with Crippen LogP contribution in [-0.2, 0) is 0 Å². The highest BCUT2D eigenvalue weighted by Crippen LogP contribution is 2.32. The average molecular weight is 232 g/mol. The van der Waals surface area contributed by atoms with Crippen LogP contribution >= 0.6 is 10.0 Å². The molecule has 0 aromatic heterocycles. The van der Waals surface area contributed by atoms with Crippen molar-refractivity contribution in [2.24, 2.45) is 0 Å². The van der Waals surface area contributed by atoms with Gasteiger partial charge in [-0.15, -0.1) is 0 Å². The van der Waals surface area contributed by atoms with Crippen LogP contribution in [0.4, 0.5) is 0 Å². The summed E-state index contributed by atoms with van der Waals surface area (Å²) in [5.41, 5.74) is 1.92. The fraction of sp³-hybridized carbons (Fsp3) is 0.286. The third-order valence-corrected chi connectivity index (χ3v) is 2.41. The number of benzene rings is 1. The smallest absolute Gasteiger partial charge is 0.104 e. The minimum atomic E-state index is -0.769. The molecule has 1 N–H and O–H groups in total. The monoisotopic (exact) mass is 232 g/mol. The van der Waals surface area contributed by atoms with Gasteiger partial charge in [0.15, 0.2) is 0 Å². The summed E-state index contributed by atoms with van der Waals surface area (Å²) in [5, 5.41) is 11.8. The second-order valence-electron chi connectivity index (χ2n) is 4.10. The van der Waals surface area contributed by atoms with E-state index in [1.54, 1.807) is 0 Å². The summed E-state index contributed by atoms with van der Waals surface area (Å²) in [4.78, 5) is 0. The summed E-state index contributed by atoms with van der Waals surface area (Å²) < 4.78 is 0. The van der Waals surface area contributed by atoms with Crippen molar-refractivity contribution in [1.82, 2.24) is 0 Å². The molecule has 0 heterocycles. The minimum Gasteiger partial charge on any atom is -0.384 e.